The Morgan fingerprint density at radius 2 is 1.94 bits per heavy atom. The van der Waals surface area contributed by atoms with E-state index in [2.05, 4.69) is 0 Å². The highest BCUT2D eigenvalue weighted by Crippen LogP contribution is 2.17. The first kappa shape index (κ1) is 11.3. The minimum Gasteiger partial charge on any atom is -0.465 e. The molecule has 0 spiro atoms. The first-order valence-corrected chi connectivity index (χ1v) is 5.29. The number of nitrogens with two attached hydrogens (primary N) is 1. The van der Waals surface area contributed by atoms with Crippen molar-refractivity contribution in [3.05, 3.63) is 54.0 Å². The highest BCUT2D eigenvalue weighted by molar-refractivity contribution is 6.32. The Labute approximate surface area is 100 Å². The maximum atomic E-state index is 11.4. The first-order valence-electron chi connectivity index (χ1n) is 5.29. The van der Waals surface area contributed by atoms with Gasteiger partial charge in [0.1, 0.15) is 13.6 Å². The third kappa shape index (κ3) is 2.66. The van der Waals surface area contributed by atoms with Gasteiger partial charge in [-0.15, -0.1) is 0 Å². The molecular weight excluding hydrogens is 213 g/mol. The number of carbonyl (C=O) groups excluding carboxylic acids is 1. The quantitative estimate of drug-likeness (QED) is 0.613. The number of rotatable bonds is 3. The fourth-order valence-electron chi connectivity index (χ4n) is 1.55. The van der Waals surface area contributed by atoms with Crippen LogP contribution in [0.2, 0.25) is 0 Å². The van der Waals surface area contributed by atoms with Crippen LogP contribution < -0.4 is 11.2 Å². The lowest BCUT2D eigenvalue weighted by molar-refractivity contribution is -0.112. The Kier molecular flexibility index (Phi) is 3.14. The molecule has 0 radical (unpaired) electrons. The lowest BCUT2D eigenvalue weighted by atomic mass is 9.93. The molecule has 1 aromatic carbocycles. The summed E-state index contributed by atoms with van der Waals surface area (Å²) in [5.74, 6) is 0.143. The van der Waals surface area contributed by atoms with Crippen LogP contribution in [0.3, 0.4) is 0 Å². The van der Waals surface area contributed by atoms with Gasteiger partial charge in [0.2, 0.25) is 5.91 Å². The molecule has 4 heteroatoms. The number of hydrogen-bond donors (Lipinski definition) is 1. The van der Waals surface area contributed by atoms with Gasteiger partial charge >= 0.3 is 0 Å². The van der Waals surface area contributed by atoms with Crippen molar-refractivity contribution in [2.45, 2.75) is 0 Å². The summed E-state index contributed by atoms with van der Waals surface area (Å²) in [6.07, 6.45) is 3.20. The molecule has 3 nitrogen and oxygen atoms in total. The Hall–Kier alpha value is -2.23. The van der Waals surface area contributed by atoms with Crippen molar-refractivity contribution >= 4 is 30.9 Å². The number of furan rings is 1. The molecule has 0 aliphatic carbocycles. The average Bonchev–Trinajstić information content (AvgIpc) is 2.80. The van der Waals surface area contributed by atoms with Crippen molar-refractivity contribution in [2.24, 2.45) is 5.73 Å². The number of primary amides is 1. The normalized spacial score (nSPS) is 11.4. The largest absolute Gasteiger partial charge is 0.465 e. The van der Waals surface area contributed by atoms with Gasteiger partial charge in [0.05, 0.1) is 11.8 Å². The lowest BCUT2D eigenvalue weighted by Crippen LogP contribution is -2.13. The Balaban J connectivity index is 2.43. The van der Waals surface area contributed by atoms with Gasteiger partial charge < -0.3 is 10.2 Å². The van der Waals surface area contributed by atoms with Gasteiger partial charge in [0.25, 0.3) is 0 Å². The molecule has 0 atom stereocenters. The Morgan fingerprint density at radius 3 is 2.47 bits per heavy atom. The number of amides is 1. The highest BCUT2D eigenvalue weighted by Gasteiger charge is 2.08. The molecule has 0 unspecified atom stereocenters. The van der Waals surface area contributed by atoms with E-state index in [1.54, 1.807) is 24.5 Å². The van der Waals surface area contributed by atoms with Crippen molar-refractivity contribution in [2.75, 3.05) is 0 Å². The highest BCUT2D eigenvalue weighted by atomic mass is 16.3. The molecule has 2 N–H and O–H groups in total. The van der Waals surface area contributed by atoms with Crippen molar-refractivity contribution in [3.63, 3.8) is 0 Å². The van der Waals surface area contributed by atoms with Gasteiger partial charge in [-0.25, -0.2) is 0 Å². The second-order valence-electron chi connectivity index (χ2n) is 3.80. The summed E-state index contributed by atoms with van der Waals surface area (Å²) in [6.45, 7) is 0. The molecule has 0 saturated heterocycles. The molecule has 17 heavy (non-hydrogen) atoms. The first-order chi connectivity index (χ1) is 8.16. The molecule has 2 rings (SSSR count). The molecular formula is C13H12BNO2. The summed E-state index contributed by atoms with van der Waals surface area (Å²) in [4.78, 5) is 11.4. The van der Waals surface area contributed by atoms with Gasteiger partial charge in [0.15, 0.2) is 0 Å². The summed E-state index contributed by atoms with van der Waals surface area (Å²) in [7, 11) is 1.99. The number of carbonyl (C=O) groups is 1. The molecule has 0 bridgehead atoms. The smallest absolute Gasteiger partial charge is 0.249 e. The van der Waals surface area contributed by atoms with Crippen LogP contribution >= 0.6 is 0 Å². The van der Waals surface area contributed by atoms with Crippen LogP contribution in [-0.2, 0) is 4.79 Å². The monoisotopic (exact) mass is 225 g/mol. The molecule has 1 heterocycles. The summed E-state index contributed by atoms with van der Waals surface area (Å²) < 4.78 is 5.18. The molecule has 1 amide bonds. The van der Waals surface area contributed by atoms with Crippen LogP contribution in [0.5, 0.6) is 0 Å². The van der Waals surface area contributed by atoms with Crippen LogP contribution in [0.15, 0.2) is 47.1 Å². The van der Waals surface area contributed by atoms with Gasteiger partial charge in [-0.05, 0) is 23.8 Å². The second kappa shape index (κ2) is 4.74. The molecule has 0 saturated carbocycles. The minimum atomic E-state index is -0.467. The van der Waals surface area contributed by atoms with E-state index in [0.29, 0.717) is 11.3 Å². The maximum absolute atomic E-state index is 11.4. The fourth-order valence-corrected chi connectivity index (χ4v) is 1.55. The third-order valence-electron chi connectivity index (χ3n) is 2.46. The van der Waals surface area contributed by atoms with E-state index in [4.69, 9.17) is 10.2 Å². The second-order valence-corrected chi connectivity index (χ2v) is 3.80. The molecule has 0 aliphatic heterocycles. The Morgan fingerprint density at radius 1 is 1.24 bits per heavy atom. The molecule has 1 aromatic heterocycles. The average molecular weight is 225 g/mol. The van der Waals surface area contributed by atoms with Crippen molar-refractivity contribution in [3.8, 4) is 0 Å². The van der Waals surface area contributed by atoms with Crippen molar-refractivity contribution in [1.82, 2.24) is 0 Å². The van der Waals surface area contributed by atoms with E-state index in [0.717, 1.165) is 11.0 Å². The zero-order chi connectivity index (χ0) is 12.3. The van der Waals surface area contributed by atoms with Crippen LogP contribution in [-0.4, -0.2) is 13.8 Å². The zero-order valence-corrected chi connectivity index (χ0v) is 9.51. The molecule has 0 aliphatic rings. The van der Waals surface area contributed by atoms with E-state index in [1.807, 2.05) is 32.1 Å². The minimum absolute atomic E-state index is 0.444. The van der Waals surface area contributed by atoms with Crippen LogP contribution in [0.4, 0.5) is 0 Å². The predicted molar refractivity (Wildman–Crippen MR) is 70.4 cm³/mol. The van der Waals surface area contributed by atoms with Crippen LogP contribution in [0.25, 0.3) is 11.6 Å². The van der Waals surface area contributed by atoms with E-state index < -0.39 is 5.91 Å². The molecule has 0 fully saturated rings. The number of hydrogen-bond acceptors (Lipinski definition) is 2. The van der Waals surface area contributed by atoms with Gasteiger partial charge in [-0.1, -0.05) is 29.7 Å². The molecule has 2 aromatic rings. The summed E-state index contributed by atoms with van der Waals surface area (Å²) in [5, 5.41) is 0. The van der Waals surface area contributed by atoms with E-state index in [1.165, 1.54) is 0 Å². The van der Waals surface area contributed by atoms with Crippen molar-refractivity contribution < 1.29 is 9.21 Å². The third-order valence-corrected chi connectivity index (χ3v) is 2.46. The SMILES string of the molecule is Bc1ccc(/C(=C\c2ccco2)C(N)=O)cc1. The van der Waals surface area contributed by atoms with Crippen LogP contribution in [0, 0.1) is 0 Å². The van der Waals surface area contributed by atoms with Gasteiger partial charge in [0, 0.05) is 0 Å². The maximum Gasteiger partial charge on any atom is 0.249 e. The fraction of sp³-hybridized carbons (Fsp3) is 0. The van der Waals surface area contributed by atoms with Crippen LogP contribution in [0.1, 0.15) is 11.3 Å². The van der Waals surface area contributed by atoms with Gasteiger partial charge in [-0.3, -0.25) is 4.79 Å². The van der Waals surface area contributed by atoms with Gasteiger partial charge in [-0.2, -0.15) is 0 Å². The number of benzene rings is 1. The predicted octanol–water partition coefficient (Wildman–Crippen LogP) is 0.564. The van der Waals surface area contributed by atoms with Crippen molar-refractivity contribution in [1.29, 1.82) is 0 Å². The summed E-state index contributed by atoms with van der Waals surface area (Å²) in [6, 6.07) is 11.2. The zero-order valence-electron chi connectivity index (χ0n) is 9.51. The van der Waals surface area contributed by atoms with E-state index in [-0.39, 0.29) is 0 Å². The topological polar surface area (TPSA) is 56.2 Å². The summed E-state index contributed by atoms with van der Waals surface area (Å²) in [5.41, 5.74) is 7.74. The summed E-state index contributed by atoms with van der Waals surface area (Å²) >= 11 is 0. The van der Waals surface area contributed by atoms with E-state index >= 15 is 0 Å². The lowest BCUT2D eigenvalue weighted by Gasteiger charge is -2.03. The van der Waals surface area contributed by atoms with E-state index in [9.17, 15) is 4.79 Å². The Bertz CT molecular complexity index is 541. The molecule has 84 valence electrons. The standard InChI is InChI=1S/C13H12BNO2/c14-10-5-3-9(4-6-10)12(13(15)16)8-11-2-1-7-17-11/h1-8H,14H2,(H2,15,16)/b12-8+.